The number of anilines is 1. The SMILES string of the molecule is Cc1cccc(C)c1-c1cc(OCC(CC2CCCCC2)NCc2cncc(Cl)n2)nc(NSc2cccc(C(=O)O)c2)n1. The number of carboxylic acid groups (broad SMARTS) is 1. The number of nitrogens with one attached hydrogen (secondary N) is 2. The molecule has 2 aromatic heterocycles. The van der Waals surface area contributed by atoms with Gasteiger partial charge in [0.25, 0.3) is 0 Å². The van der Waals surface area contributed by atoms with Gasteiger partial charge in [-0.3, -0.25) is 9.71 Å². The molecular formula is C33H37ClN6O3S. The van der Waals surface area contributed by atoms with E-state index in [1.54, 1.807) is 24.4 Å². The maximum atomic E-state index is 11.4. The molecule has 5 rings (SSSR count). The van der Waals surface area contributed by atoms with Crippen LogP contribution in [0.4, 0.5) is 5.95 Å². The molecule has 0 saturated heterocycles. The first-order valence-corrected chi connectivity index (χ1v) is 16.1. The third kappa shape index (κ3) is 8.90. The lowest BCUT2D eigenvalue weighted by Crippen LogP contribution is -2.37. The Bertz CT molecular complexity index is 1560. The molecule has 1 aliphatic rings. The lowest BCUT2D eigenvalue weighted by atomic mass is 9.85. The number of halogens is 1. The second kappa shape index (κ2) is 15.3. The van der Waals surface area contributed by atoms with E-state index >= 15 is 0 Å². The Labute approximate surface area is 267 Å². The van der Waals surface area contributed by atoms with E-state index in [-0.39, 0.29) is 11.6 Å². The number of ether oxygens (including phenoxy) is 1. The van der Waals surface area contributed by atoms with Crippen LogP contribution in [0.25, 0.3) is 11.3 Å². The van der Waals surface area contributed by atoms with Crippen LogP contribution in [0.2, 0.25) is 5.15 Å². The van der Waals surface area contributed by atoms with Crippen LogP contribution in [0, 0.1) is 19.8 Å². The molecule has 1 atom stereocenters. The highest BCUT2D eigenvalue weighted by Gasteiger charge is 2.21. The molecule has 1 aliphatic carbocycles. The summed E-state index contributed by atoms with van der Waals surface area (Å²) in [5.74, 6) is 0.492. The minimum Gasteiger partial charge on any atom is -0.478 e. The first-order valence-electron chi connectivity index (χ1n) is 14.9. The number of benzene rings is 2. The molecule has 1 saturated carbocycles. The first-order chi connectivity index (χ1) is 21.3. The third-order valence-electron chi connectivity index (χ3n) is 7.78. The van der Waals surface area contributed by atoms with Crippen LogP contribution in [0.5, 0.6) is 5.88 Å². The normalized spacial score (nSPS) is 14.2. The highest BCUT2D eigenvalue weighted by Crippen LogP contribution is 2.31. The summed E-state index contributed by atoms with van der Waals surface area (Å²) >= 11 is 7.32. The number of carboxylic acids is 1. The fourth-order valence-corrected chi connectivity index (χ4v) is 6.42. The molecule has 230 valence electrons. The zero-order chi connectivity index (χ0) is 30.9. The largest absolute Gasteiger partial charge is 0.478 e. The lowest BCUT2D eigenvalue weighted by Gasteiger charge is -2.27. The van der Waals surface area contributed by atoms with Crippen molar-refractivity contribution in [2.75, 3.05) is 11.3 Å². The molecule has 4 aromatic rings. The summed E-state index contributed by atoms with van der Waals surface area (Å²) < 4.78 is 9.60. The van der Waals surface area contributed by atoms with Crippen molar-refractivity contribution in [3.63, 3.8) is 0 Å². The van der Waals surface area contributed by atoms with Gasteiger partial charge in [0.1, 0.15) is 11.8 Å². The fraction of sp³-hybridized carbons (Fsp3) is 0.364. The van der Waals surface area contributed by atoms with E-state index in [0.717, 1.165) is 39.4 Å². The monoisotopic (exact) mass is 632 g/mol. The molecule has 3 N–H and O–H groups in total. The molecular weight excluding hydrogens is 596 g/mol. The topological polar surface area (TPSA) is 122 Å². The number of hydrogen-bond acceptors (Lipinski definition) is 9. The van der Waals surface area contributed by atoms with Crippen molar-refractivity contribution in [2.45, 2.75) is 69.9 Å². The Morgan fingerprint density at radius 1 is 1.05 bits per heavy atom. The highest BCUT2D eigenvalue weighted by molar-refractivity contribution is 8.00. The number of nitrogens with zero attached hydrogens (tertiary/aromatic N) is 4. The standard InChI is InChI=1S/C33H37ClN6O3S/c1-21-8-6-9-22(2)31(21)28-16-30(39-33(38-28)40-44-27-13-7-12-24(15-27)32(41)42)43-20-25(14-23-10-4-3-5-11-23)36-18-26-17-35-19-29(34)37-26/h6-9,12-13,15-17,19,23,25,36H,3-5,10-11,14,18,20H2,1-2H3,(H,41,42)(H,38,39,40). The summed E-state index contributed by atoms with van der Waals surface area (Å²) in [7, 11) is 0. The van der Waals surface area contributed by atoms with Gasteiger partial charge >= 0.3 is 5.97 Å². The molecule has 2 heterocycles. The number of hydrogen-bond donors (Lipinski definition) is 3. The summed E-state index contributed by atoms with van der Waals surface area (Å²) in [4.78, 5) is 30.2. The smallest absolute Gasteiger partial charge is 0.335 e. The van der Waals surface area contributed by atoms with Crippen LogP contribution in [0.1, 0.15) is 65.7 Å². The maximum Gasteiger partial charge on any atom is 0.335 e. The zero-order valence-electron chi connectivity index (χ0n) is 24.9. The van der Waals surface area contributed by atoms with Gasteiger partial charge < -0.3 is 15.2 Å². The average Bonchev–Trinajstić information content (AvgIpc) is 3.02. The van der Waals surface area contributed by atoms with Crippen LogP contribution >= 0.6 is 23.5 Å². The van der Waals surface area contributed by atoms with Crippen LogP contribution in [0.3, 0.4) is 0 Å². The Balaban J connectivity index is 1.37. The number of aromatic nitrogens is 4. The summed E-state index contributed by atoms with van der Waals surface area (Å²) in [6.07, 6.45) is 10.5. The molecule has 1 fully saturated rings. The molecule has 1 unspecified atom stereocenters. The second-order valence-corrected chi connectivity index (χ2v) is 12.4. The van der Waals surface area contributed by atoms with E-state index in [2.05, 4.69) is 46.0 Å². The van der Waals surface area contributed by atoms with E-state index in [1.165, 1.54) is 50.2 Å². The van der Waals surface area contributed by atoms with Crippen molar-refractivity contribution in [2.24, 2.45) is 5.92 Å². The highest BCUT2D eigenvalue weighted by atomic mass is 35.5. The zero-order valence-corrected chi connectivity index (χ0v) is 26.5. The van der Waals surface area contributed by atoms with Gasteiger partial charge in [0.2, 0.25) is 11.8 Å². The molecule has 0 spiro atoms. The van der Waals surface area contributed by atoms with Gasteiger partial charge in [-0.05, 0) is 67.5 Å². The van der Waals surface area contributed by atoms with Crippen LogP contribution in [0.15, 0.2) is 65.8 Å². The molecule has 0 bridgehead atoms. The molecule has 11 heteroatoms. The van der Waals surface area contributed by atoms with E-state index in [4.69, 9.17) is 26.3 Å². The van der Waals surface area contributed by atoms with Gasteiger partial charge in [-0.1, -0.05) is 68.0 Å². The summed E-state index contributed by atoms with van der Waals surface area (Å²) in [6.45, 7) is 5.08. The minimum absolute atomic E-state index is 0.0713. The Morgan fingerprint density at radius 2 is 1.82 bits per heavy atom. The van der Waals surface area contributed by atoms with Gasteiger partial charge in [-0.15, -0.1) is 0 Å². The van der Waals surface area contributed by atoms with Crippen molar-refractivity contribution < 1.29 is 14.6 Å². The van der Waals surface area contributed by atoms with Crippen LogP contribution in [-0.2, 0) is 6.54 Å². The molecule has 0 aliphatic heterocycles. The Kier molecular flexibility index (Phi) is 11.0. The van der Waals surface area contributed by atoms with Gasteiger partial charge in [0, 0.05) is 35.3 Å². The Morgan fingerprint density at radius 3 is 2.57 bits per heavy atom. The van der Waals surface area contributed by atoms with E-state index in [9.17, 15) is 9.90 Å². The van der Waals surface area contributed by atoms with Crippen molar-refractivity contribution >= 4 is 35.5 Å². The molecule has 2 aromatic carbocycles. The quantitative estimate of drug-likeness (QED) is 0.127. The molecule has 44 heavy (non-hydrogen) atoms. The van der Waals surface area contributed by atoms with Gasteiger partial charge in [0.05, 0.1) is 23.1 Å². The van der Waals surface area contributed by atoms with E-state index < -0.39 is 5.97 Å². The maximum absolute atomic E-state index is 11.4. The van der Waals surface area contributed by atoms with Crippen molar-refractivity contribution in [3.8, 4) is 17.1 Å². The summed E-state index contributed by atoms with van der Waals surface area (Å²) in [6, 6.07) is 14.8. The predicted molar refractivity (Wildman–Crippen MR) is 174 cm³/mol. The fourth-order valence-electron chi connectivity index (χ4n) is 5.62. The van der Waals surface area contributed by atoms with Gasteiger partial charge in [0.15, 0.2) is 0 Å². The Hall–Kier alpha value is -3.73. The number of rotatable bonds is 13. The van der Waals surface area contributed by atoms with Crippen molar-refractivity contribution in [3.05, 3.63) is 88.5 Å². The minimum atomic E-state index is -0.977. The average molecular weight is 633 g/mol. The second-order valence-electron chi connectivity index (χ2n) is 11.2. The third-order valence-corrected chi connectivity index (χ3v) is 8.74. The van der Waals surface area contributed by atoms with Crippen LogP contribution in [-0.4, -0.2) is 43.7 Å². The first kappa shape index (κ1) is 31.7. The molecule has 0 amide bonds. The van der Waals surface area contributed by atoms with Gasteiger partial charge in [-0.25, -0.2) is 14.8 Å². The van der Waals surface area contributed by atoms with Gasteiger partial charge in [-0.2, -0.15) is 4.98 Å². The van der Waals surface area contributed by atoms with E-state index in [1.807, 2.05) is 18.2 Å². The van der Waals surface area contributed by atoms with Crippen molar-refractivity contribution in [1.82, 2.24) is 25.3 Å². The van der Waals surface area contributed by atoms with Crippen LogP contribution < -0.4 is 14.8 Å². The molecule has 9 nitrogen and oxygen atoms in total. The predicted octanol–water partition coefficient (Wildman–Crippen LogP) is 7.53. The summed E-state index contributed by atoms with van der Waals surface area (Å²) in [5.41, 5.74) is 4.96. The summed E-state index contributed by atoms with van der Waals surface area (Å²) in [5, 5.41) is 13.4. The number of carbonyl (C=O) groups is 1. The van der Waals surface area contributed by atoms with Crippen molar-refractivity contribution in [1.29, 1.82) is 0 Å². The lowest BCUT2D eigenvalue weighted by molar-refractivity contribution is 0.0696. The number of aryl methyl sites for hydroxylation is 2. The van der Waals surface area contributed by atoms with E-state index in [0.29, 0.717) is 36.1 Å². The number of aromatic carboxylic acids is 1. The molecule has 0 radical (unpaired) electrons.